The van der Waals surface area contributed by atoms with Crippen LogP contribution in [0.25, 0.3) is 0 Å². The lowest BCUT2D eigenvalue weighted by atomic mass is 9.82. The molecule has 5 atom stereocenters. The number of hydrogen-bond donors (Lipinski definition) is 6. The number of aliphatic carboxylic acids is 2. The molecule has 1 aliphatic carbocycles. The van der Waals surface area contributed by atoms with Gasteiger partial charge in [0.2, 0.25) is 29.4 Å². The fourth-order valence-corrected chi connectivity index (χ4v) is 7.02. The fraction of sp³-hybridized carbons (Fsp3) is 0.512. The Hall–Kier alpha value is -5.64. The number of likely N-dealkylation sites (tertiary alicyclic amines) is 1. The largest absolute Gasteiger partial charge is 0.480 e. The van der Waals surface area contributed by atoms with Crippen molar-refractivity contribution in [1.29, 1.82) is 0 Å². The summed E-state index contributed by atoms with van der Waals surface area (Å²) >= 11 is 0. The van der Waals surface area contributed by atoms with Crippen LogP contribution in [-0.2, 0) is 49.7 Å². The van der Waals surface area contributed by atoms with Gasteiger partial charge in [0.25, 0.3) is 5.91 Å². The van der Waals surface area contributed by atoms with Crippen LogP contribution in [-0.4, -0.2) is 99.7 Å². The van der Waals surface area contributed by atoms with Crippen molar-refractivity contribution in [2.45, 2.75) is 109 Å². The zero-order valence-corrected chi connectivity index (χ0v) is 32.5. The van der Waals surface area contributed by atoms with E-state index in [0.717, 1.165) is 24.8 Å². The van der Waals surface area contributed by atoms with Crippen molar-refractivity contribution >= 4 is 47.3 Å². The number of rotatable bonds is 19. The number of nitrogens with one attached hydrogen (secondary N) is 4. The Labute approximate surface area is 331 Å². The van der Waals surface area contributed by atoms with Crippen LogP contribution in [0.2, 0.25) is 0 Å². The van der Waals surface area contributed by atoms with Gasteiger partial charge in [-0.3, -0.25) is 33.6 Å². The van der Waals surface area contributed by atoms with Crippen LogP contribution in [0.5, 0.6) is 0 Å². The lowest BCUT2D eigenvalue weighted by Gasteiger charge is -2.36. The molecular weight excluding hydrogens is 738 g/mol. The van der Waals surface area contributed by atoms with E-state index in [1.807, 2.05) is 30.3 Å². The molecule has 0 bridgehead atoms. The summed E-state index contributed by atoms with van der Waals surface area (Å²) in [7, 11) is 0. The van der Waals surface area contributed by atoms with E-state index in [0.29, 0.717) is 24.8 Å². The van der Waals surface area contributed by atoms with Gasteiger partial charge in [0, 0.05) is 13.0 Å². The Balaban J connectivity index is 1.51. The zero-order chi connectivity index (χ0) is 41.7. The normalized spacial score (nSPS) is 18.7. The third kappa shape index (κ3) is 11.9. The van der Waals surface area contributed by atoms with E-state index in [2.05, 4.69) is 21.3 Å². The first-order valence-corrected chi connectivity index (χ1v) is 19.3. The van der Waals surface area contributed by atoms with E-state index >= 15 is 0 Å². The Kier molecular flexibility index (Phi) is 15.9. The van der Waals surface area contributed by atoms with Crippen molar-refractivity contribution in [3.8, 4) is 0 Å². The van der Waals surface area contributed by atoms with Gasteiger partial charge in [-0.15, -0.1) is 0 Å². The van der Waals surface area contributed by atoms with Gasteiger partial charge in [0.1, 0.15) is 17.5 Å². The third-order valence-corrected chi connectivity index (χ3v) is 10.5. The van der Waals surface area contributed by atoms with Gasteiger partial charge in [-0.05, 0) is 50.2 Å². The smallest absolute Gasteiger partial charge is 0.330 e. The van der Waals surface area contributed by atoms with Crippen LogP contribution < -0.4 is 21.3 Å². The number of Topliss-reactive ketones (excluding diaryl/α,β-unsaturated/α-hetero) is 1. The number of carbonyl (C=O) groups is 8. The molecule has 3 unspecified atom stereocenters. The summed E-state index contributed by atoms with van der Waals surface area (Å²) in [5, 5.41) is 29.2. The highest BCUT2D eigenvalue weighted by Gasteiger charge is 2.47. The maximum Gasteiger partial charge on any atom is 0.330 e. The quantitative estimate of drug-likeness (QED) is 0.0892. The molecule has 1 saturated heterocycles. The lowest BCUT2D eigenvalue weighted by Crippen LogP contribution is -2.59. The van der Waals surface area contributed by atoms with E-state index < -0.39 is 89.5 Å². The highest BCUT2D eigenvalue weighted by atomic mass is 16.5. The molecule has 2 aliphatic rings. The van der Waals surface area contributed by atoms with E-state index in [-0.39, 0.29) is 31.9 Å². The van der Waals surface area contributed by atoms with E-state index in [1.54, 1.807) is 25.1 Å². The highest BCUT2D eigenvalue weighted by molar-refractivity contribution is 6.38. The zero-order valence-electron chi connectivity index (χ0n) is 32.5. The van der Waals surface area contributed by atoms with Gasteiger partial charge in [-0.1, -0.05) is 93.3 Å². The molecule has 16 nitrogen and oxygen atoms in total. The monoisotopic (exact) mass is 791 g/mol. The molecule has 6 N–H and O–H groups in total. The SMILES string of the molecule is CCCC(NC(=O)[C@@H]1C[C@@H](OCc2ccccc2)CN1C(=O)C(NC(=O)C(C)(C)C(=O)O)C1CCCCC1)C(=O)C(=O)NCC(=O)NC(C(=O)O)c1ccccc1. The van der Waals surface area contributed by atoms with Crippen LogP contribution in [0.3, 0.4) is 0 Å². The number of ether oxygens (including phenoxy) is 1. The molecule has 2 aromatic rings. The Morgan fingerprint density at radius 1 is 0.860 bits per heavy atom. The summed E-state index contributed by atoms with van der Waals surface area (Å²) < 4.78 is 6.16. The van der Waals surface area contributed by atoms with Crippen LogP contribution in [0.1, 0.15) is 89.3 Å². The van der Waals surface area contributed by atoms with Gasteiger partial charge >= 0.3 is 11.9 Å². The van der Waals surface area contributed by atoms with Crippen molar-refractivity contribution in [1.82, 2.24) is 26.2 Å². The number of carbonyl (C=O) groups excluding carboxylic acids is 6. The summed E-state index contributed by atoms with van der Waals surface area (Å²) in [6, 6.07) is 12.2. The lowest BCUT2D eigenvalue weighted by molar-refractivity contribution is -0.155. The average Bonchev–Trinajstić information content (AvgIpc) is 3.65. The van der Waals surface area contributed by atoms with Crippen molar-refractivity contribution in [3.63, 3.8) is 0 Å². The second-order valence-electron chi connectivity index (χ2n) is 15.1. The molecule has 0 aromatic heterocycles. The predicted octanol–water partition coefficient (Wildman–Crippen LogP) is 2.26. The van der Waals surface area contributed by atoms with Gasteiger partial charge in [0.15, 0.2) is 6.04 Å². The minimum Gasteiger partial charge on any atom is -0.480 e. The second-order valence-corrected chi connectivity index (χ2v) is 15.1. The standard InChI is InChI=1S/C41H53N5O11/c1-4-14-29(34(48)36(50)42-22-31(47)44-33(38(52)53)27-19-12-7-13-20-27)43-35(49)30-21-28(57-24-25-15-8-5-9-16-25)23-46(30)37(51)32(26-17-10-6-11-18-26)45-39(54)41(2,3)40(55)56/h5,7-9,12-13,15-16,19-20,26,28-30,32-33H,4,6,10-11,14,17-18,21-24H2,1-3H3,(H,42,50)(H,43,49)(H,44,47)(H,45,54)(H,52,53)(H,55,56)/t28-,29?,30+,32?,33?/m1/s1. The second kappa shape index (κ2) is 20.5. The van der Waals surface area contributed by atoms with Gasteiger partial charge in [-0.25, -0.2) is 4.79 Å². The summed E-state index contributed by atoms with van der Waals surface area (Å²) in [6.45, 7) is 3.66. The summed E-state index contributed by atoms with van der Waals surface area (Å²) in [5.74, 6) is -8.27. The van der Waals surface area contributed by atoms with Crippen molar-refractivity contribution in [3.05, 3.63) is 71.8 Å². The molecule has 16 heteroatoms. The molecule has 0 radical (unpaired) electrons. The van der Waals surface area contributed by atoms with Crippen molar-refractivity contribution < 1.29 is 53.3 Å². The highest BCUT2D eigenvalue weighted by Crippen LogP contribution is 2.31. The number of benzene rings is 2. The molecule has 1 aliphatic heterocycles. The maximum absolute atomic E-state index is 14.5. The summed E-state index contributed by atoms with van der Waals surface area (Å²) in [5.41, 5.74) is -0.681. The average molecular weight is 792 g/mol. The van der Waals surface area contributed by atoms with E-state index in [9.17, 15) is 48.6 Å². The van der Waals surface area contributed by atoms with Crippen LogP contribution in [0.4, 0.5) is 0 Å². The van der Waals surface area contributed by atoms with Gasteiger partial charge < -0.3 is 41.1 Å². The Morgan fingerprint density at radius 3 is 2.09 bits per heavy atom. The number of carboxylic acid groups (broad SMARTS) is 2. The minimum atomic E-state index is -1.84. The summed E-state index contributed by atoms with van der Waals surface area (Å²) in [4.78, 5) is 106. The number of nitrogens with zero attached hydrogens (tertiary/aromatic N) is 1. The van der Waals surface area contributed by atoms with E-state index in [4.69, 9.17) is 4.74 Å². The molecule has 308 valence electrons. The molecule has 57 heavy (non-hydrogen) atoms. The fourth-order valence-electron chi connectivity index (χ4n) is 7.02. The van der Waals surface area contributed by atoms with E-state index in [1.165, 1.54) is 30.9 Å². The van der Waals surface area contributed by atoms with Crippen LogP contribution in [0, 0.1) is 11.3 Å². The van der Waals surface area contributed by atoms with Gasteiger partial charge in [0.05, 0.1) is 25.3 Å². The molecule has 4 rings (SSSR count). The number of carboxylic acids is 2. The van der Waals surface area contributed by atoms with Crippen LogP contribution >= 0.6 is 0 Å². The summed E-state index contributed by atoms with van der Waals surface area (Å²) in [6.07, 6.45) is 3.56. The molecule has 1 saturated carbocycles. The maximum atomic E-state index is 14.5. The Morgan fingerprint density at radius 2 is 1.49 bits per heavy atom. The number of amides is 5. The number of hydrogen-bond acceptors (Lipinski definition) is 9. The third-order valence-electron chi connectivity index (χ3n) is 10.5. The first-order chi connectivity index (χ1) is 27.1. The molecule has 1 heterocycles. The predicted molar refractivity (Wildman–Crippen MR) is 205 cm³/mol. The molecule has 0 spiro atoms. The first kappa shape index (κ1) is 44.1. The first-order valence-electron chi connectivity index (χ1n) is 19.3. The molecular formula is C41H53N5O11. The Bertz CT molecular complexity index is 1760. The van der Waals surface area contributed by atoms with Crippen LogP contribution in [0.15, 0.2) is 60.7 Å². The molecule has 2 aromatic carbocycles. The molecule has 2 fully saturated rings. The van der Waals surface area contributed by atoms with Crippen molar-refractivity contribution in [2.75, 3.05) is 13.1 Å². The number of ketones is 1. The van der Waals surface area contributed by atoms with Gasteiger partial charge in [-0.2, -0.15) is 0 Å². The molecule has 5 amide bonds. The minimum absolute atomic E-state index is 0.0297. The van der Waals surface area contributed by atoms with Crippen molar-refractivity contribution in [2.24, 2.45) is 11.3 Å². The topological polar surface area (TPSA) is 238 Å².